The van der Waals surface area contributed by atoms with Crippen LogP contribution in [0.1, 0.15) is 53.9 Å². The van der Waals surface area contributed by atoms with Gasteiger partial charge in [0.25, 0.3) is 0 Å². The second-order valence-corrected chi connectivity index (χ2v) is 3.30. The van der Waals surface area contributed by atoms with Gasteiger partial charge in [-0.15, -0.1) is 6.58 Å². The van der Waals surface area contributed by atoms with Crippen LogP contribution in [0.25, 0.3) is 0 Å². The summed E-state index contributed by atoms with van der Waals surface area (Å²) in [6.07, 6.45) is 5.56. The van der Waals surface area contributed by atoms with Gasteiger partial charge in [0, 0.05) is 6.04 Å². The Morgan fingerprint density at radius 2 is 1.57 bits per heavy atom. The third-order valence-electron chi connectivity index (χ3n) is 1.88. The summed E-state index contributed by atoms with van der Waals surface area (Å²) in [6, 6.07) is 0.750. The molecule has 0 saturated heterocycles. The maximum absolute atomic E-state index is 3.48. The Bertz CT molecular complexity index is 87.2. The molecule has 0 radical (unpaired) electrons. The van der Waals surface area contributed by atoms with Gasteiger partial charge in [-0.25, -0.2) is 0 Å². The fourth-order valence-corrected chi connectivity index (χ4v) is 0.676. The van der Waals surface area contributed by atoms with Gasteiger partial charge in [-0.05, 0) is 33.9 Å². The van der Waals surface area contributed by atoms with E-state index in [2.05, 4.69) is 46.3 Å². The summed E-state index contributed by atoms with van der Waals surface area (Å²) in [6.45, 7) is 14.0. The van der Waals surface area contributed by atoms with E-state index in [9.17, 15) is 0 Å². The lowest BCUT2D eigenvalue weighted by atomic mass is 10.2. The lowest BCUT2D eigenvalue weighted by Gasteiger charge is -2.17. The smallest absolute Gasteiger partial charge is 0.00607 e. The highest BCUT2D eigenvalue weighted by atomic mass is 15.1. The quantitative estimate of drug-likeness (QED) is 0.611. The number of hydrogen-bond acceptors (Lipinski definition) is 1. The molecule has 0 N–H and O–H groups in total. The Balaban J connectivity index is -0.000000170. The van der Waals surface area contributed by atoms with E-state index in [4.69, 9.17) is 0 Å². The van der Waals surface area contributed by atoms with E-state index in [1.54, 1.807) is 0 Å². The van der Waals surface area contributed by atoms with Crippen LogP contribution in [-0.2, 0) is 0 Å². The van der Waals surface area contributed by atoms with Crippen LogP contribution in [0.3, 0.4) is 0 Å². The number of rotatable bonds is 4. The lowest BCUT2D eigenvalue weighted by Crippen LogP contribution is -2.23. The van der Waals surface area contributed by atoms with Crippen molar-refractivity contribution in [2.75, 3.05) is 14.1 Å². The molecule has 0 aliphatic rings. The van der Waals surface area contributed by atoms with Crippen LogP contribution in [-0.4, -0.2) is 25.0 Å². The molecule has 0 fully saturated rings. The summed E-state index contributed by atoms with van der Waals surface area (Å²) >= 11 is 0. The Labute approximate surface area is 92.2 Å². The minimum atomic E-state index is 0.750. The fourth-order valence-electron chi connectivity index (χ4n) is 0.676. The zero-order valence-corrected chi connectivity index (χ0v) is 11.4. The van der Waals surface area contributed by atoms with Gasteiger partial charge in [0.15, 0.2) is 0 Å². The topological polar surface area (TPSA) is 3.24 Å². The van der Waals surface area contributed by atoms with E-state index in [-0.39, 0.29) is 0 Å². The summed E-state index contributed by atoms with van der Waals surface area (Å²) in [5.41, 5.74) is 0. The van der Waals surface area contributed by atoms with Crippen molar-refractivity contribution in [1.82, 2.24) is 4.90 Å². The van der Waals surface area contributed by atoms with E-state index >= 15 is 0 Å². The Kier molecular flexibility index (Phi) is 25.5. The van der Waals surface area contributed by atoms with Gasteiger partial charge in [0.1, 0.15) is 0 Å². The summed E-state index contributed by atoms with van der Waals surface area (Å²) < 4.78 is 0. The van der Waals surface area contributed by atoms with Crippen molar-refractivity contribution in [3.05, 3.63) is 12.7 Å². The van der Waals surface area contributed by atoms with Crippen molar-refractivity contribution < 1.29 is 0 Å². The van der Waals surface area contributed by atoms with Crippen molar-refractivity contribution in [1.29, 1.82) is 0 Å². The average molecular weight is 201 g/mol. The van der Waals surface area contributed by atoms with Crippen LogP contribution in [0.4, 0.5) is 0 Å². The molecule has 0 aromatic carbocycles. The van der Waals surface area contributed by atoms with E-state index < -0.39 is 0 Å². The van der Waals surface area contributed by atoms with E-state index in [1.807, 2.05) is 19.9 Å². The molecule has 1 atom stereocenters. The molecule has 1 heteroatoms. The average Bonchev–Trinajstić information content (AvgIpc) is 2.21. The summed E-state index contributed by atoms with van der Waals surface area (Å²) in [5.74, 6) is 0. The maximum Gasteiger partial charge on any atom is 0.00607 e. The molecule has 0 bridgehead atoms. The molecule has 0 aliphatic heterocycles. The van der Waals surface area contributed by atoms with E-state index in [0.29, 0.717) is 0 Å². The molecule has 1 nitrogen and oxygen atoms in total. The molecular weight excluding hydrogens is 170 g/mol. The van der Waals surface area contributed by atoms with Gasteiger partial charge < -0.3 is 4.90 Å². The minimum Gasteiger partial charge on any atom is -0.307 e. The monoisotopic (exact) mass is 201 g/mol. The number of nitrogens with zero attached hydrogens (tertiary/aromatic N) is 1. The second-order valence-electron chi connectivity index (χ2n) is 3.30. The number of hydrogen-bond donors (Lipinski definition) is 0. The molecule has 0 aromatic heterocycles. The predicted molar refractivity (Wildman–Crippen MR) is 69.9 cm³/mol. The first-order valence-electron chi connectivity index (χ1n) is 5.87. The van der Waals surface area contributed by atoms with Gasteiger partial charge in [0.2, 0.25) is 0 Å². The first kappa shape index (κ1) is 19.3. The molecular formula is C13H31N. The maximum atomic E-state index is 3.48. The van der Waals surface area contributed by atoms with E-state index in [1.165, 1.54) is 12.8 Å². The summed E-state index contributed by atoms with van der Waals surface area (Å²) in [7, 11) is 4.25. The van der Waals surface area contributed by atoms with E-state index in [0.717, 1.165) is 12.5 Å². The molecule has 0 aliphatic carbocycles. The molecule has 0 amide bonds. The zero-order valence-electron chi connectivity index (χ0n) is 11.4. The van der Waals surface area contributed by atoms with Crippen molar-refractivity contribution in [3.8, 4) is 0 Å². The van der Waals surface area contributed by atoms with Crippen LogP contribution in [0.2, 0.25) is 0 Å². The molecule has 14 heavy (non-hydrogen) atoms. The Hall–Kier alpha value is -0.300. The molecule has 1 unspecified atom stereocenters. The largest absolute Gasteiger partial charge is 0.307 e. The summed E-state index contributed by atoms with van der Waals surface area (Å²) in [4.78, 5) is 2.25. The molecule has 0 spiro atoms. The SMILES string of the molecule is C=CCC.CC.CCCC(C)N(C)C. The summed E-state index contributed by atoms with van der Waals surface area (Å²) in [5, 5.41) is 0. The third kappa shape index (κ3) is 22.6. The van der Waals surface area contributed by atoms with Crippen LogP contribution in [0, 0.1) is 0 Å². The van der Waals surface area contributed by atoms with Crippen LogP contribution >= 0.6 is 0 Å². The lowest BCUT2D eigenvalue weighted by molar-refractivity contribution is 0.297. The Morgan fingerprint density at radius 1 is 1.21 bits per heavy atom. The van der Waals surface area contributed by atoms with Gasteiger partial charge in [-0.1, -0.05) is 40.2 Å². The molecule has 0 aromatic rings. The van der Waals surface area contributed by atoms with Crippen LogP contribution in [0.15, 0.2) is 12.7 Å². The van der Waals surface area contributed by atoms with Crippen LogP contribution in [0.5, 0.6) is 0 Å². The van der Waals surface area contributed by atoms with Crippen molar-refractivity contribution in [3.63, 3.8) is 0 Å². The molecule has 0 saturated carbocycles. The Morgan fingerprint density at radius 3 is 1.64 bits per heavy atom. The standard InChI is InChI=1S/C7H17N.C4H8.C2H6/c1-5-6-7(2)8(3)4;1-3-4-2;1-2/h7H,5-6H2,1-4H3;3H,1,4H2,2H3;1-2H3. The van der Waals surface area contributed by atoms with Gasteiger partial charge >= 0.3 is 0 Å². The number of allylic oxidation sites excluding steroid dienone is 1. The van der Waals surface area contributed by atoms with Gasteiger partial charge in [-0.3, -0.25) is 0 Å². The normalized spacial score (nSPS) is 10.6. The first-order valence-corrected chi connectivity index (χ1v) is 5.87. The molecule has 0 heterocycles. The highest BCUT2D eigenvalue weighted by Gasteiger charge is 1.99. The highest BCUT2D eigenvalue weighted by molar-refractivity contribution is 4.60. The van der Waals surface area contributed by atoms with Gasteiger partial charge in [0.05, 0.1) is 0 Å². The molecule has 88 valence electrons. The minimum absolute atomic E-state index is 0.750. The molecule has 0 rings (SSSR count). The van der Waals surface area contributed by atoms with Crippen LogP contribution < -0.4 is 0 Å². The zero-order chi connectivity index (χ0) is 12.0. The second kappa shape index (κ2) is 18.5. The highest BCUT2D eigenvalue weighted by Crippen LogP contribution is 1.99. The van der Waals surface area contributed by atoms with Crippen molar-refractivity contribution in [2.24, 2.45) is 0 Å². The fraction of sp³-hybridized carbons (Fsp3) is 0.846. The van der Waals surface area contributed by atoms with Crippen molar-refractivity contribution >= 4 is 0 Å². The third-order valence-corrected chi connectivity index (χ3v) is 1.88. The van der Waals surface area contributed by atoms with Gasteiger partial charge in [-0.2, -0.15) is 0 Å². The van der Waals surface area contributed by atoms with Crippen molar-refractivity contribution in [2.45, 2.75) is 59.9 Å². The first-order chi connectivity index (χ1) is 6.59. The predicted octanol–water partition coefficient (Wildman–Crippen LogP) is 4.35.